The van der Waals surface area contributed by atoms with E-state index in [1.165, 1.54) is 10.3 Å². The summed E-state index contributed by atoms with van der Waals surface area (Å²) in [6.07, 6.45) is 23.6. The summed E-state index contributed by atoms with van der Waals surface area (Å²) in [5, 5.41) is 0. The molecule has 1 heteroatoms. The van der Waals surface area contributed by atoms with Crippen LogP contribution in [0.1, 0.15) is 6.42 Å². The fourth-order valence-electron chi connectivity index (χ4n) is 0.960. The molecule has 0 heterocycles. The quantitative estimate of drug-likeness (QED) is 0.544. The molecule has 0 amide bonds. The van der Waals surface area contributed by atoms with Crippen LogP contribution in [-0.2, 0) is 20.4 Å². The maximum atomic E-state index is 2.16. The molecule has 0 spiro atoms. The number of rotatable bonds is 0. The Bertz CT molecular complexity index is 269. The molecule has 14 heavy (non-hydrogen) atoms. The second-order valence-corrected chi connectivity index (χ2v) is 3.87. The van der Waals surface area contributed by atoms with Gasteiger partial charge in [-0.25, -0.2) is 0 Å². The van der Waals surface area contributed by atoms with Gasteiger partial charge in [0.1, 0.15) is 0 Å². The third-order valence-corrected chi connectivity index (χ3v) is 2.24. The van der Waals surface area contributed by atoms with Gasteiger partial charge in [-0.1, -0.05) is 48.6 Å². The maximum absolute atomic E-state index is 2.16. The molecule has 0 radical (unpaired) electrons. The van der Waals surface area contributed by atoms with Crippen molar-refractivity contribution in [2.24, 2.45) is 0 Å². The molecule has 0 aliphatic heterocycles. The van der Waals surface area contributed by atoms with E-state index in [-0.39, 0.29) is 0 Å². The summed E-state index contributed by atoms with van der Waals surface area (Å²) in [5.41, 5.74) is 0. The van der Waals surface area contributed by atoms with E-state index in [4.69, 9.17) is 0 Å². The molecule has 0 atom stereocenters. The van der Waals surface area contributed by atoms with E-state index in [2.05, 4.69) is 38.7 Å². The van der Waals surface area contributed by atoms with Crippen LogP contribution >= 0.6 is 0 Å². The van der Waals surface area contributed by atoms with Gasteiger partial charge in [0, 0.05) is 0 Å². The van der Waals surface area contributed by atoms with E-state index in [1.807, 2.05) is 48.6 Å². The van der Waals surface area contributed by atoms with Crippen LogP contribution in [-0.4, -0.2) is 0 Å². The zero-order chi connectivity index (χ0) is 10.1. The molecule has 0 saturated carbocycles. The topological polar surface area (TPSA) is 0 Å². The SMILES string of the molecule is C1=C\C=C/C=C\C=C/1.[Ti][C]1=CC=CC1. The molecule has 2 rings (SSSR count). The summed E-state index contributed by atoms with van der Waals surface area (Å²) >= 11 is 2.14. The normalized spacial score (nSPS) is 26.1. The van der Waals surface area contributed by atoms with E-state index >= 15 is 0 Å². The van der Waals surface area contributed by atoms with Gasteiger partial charge in [0.15, 0.2) is 0 Å². The monoisotopic (exact) mass is 217 g/mol. The van der Waals surface area contributed by atoms with Crippen LogP contribution in [0.5, 0.6) is 0 Å². The summed E-state index contributed by atoms with van der Waals surface area (Å²) < 4.78 is 1.47. The summed E-state index contributed by atoms with van der Waals surface area (Å²) in [4.78, 5) is 0. The van der Waals surface area contributed by atoms with Crippen LogP contribution in [0.25, 0.3) is 0 Å². The molecule has 0 unspecified atom stereocenters. The molecule has 0 nitrogen and oxygen atoms in total. The van der Waals surface area contributed by atoms with E-state index in [1.54, 1.807) is 0 Å². The number of allylic oxidation sites excluding steroid dienone is 12. The van der Waals surface area contributed by atoms with Crippen molar-refractivity contribution in [3.63, 3.8) is 0 Å². The van der Waals surface area contributed by atoms with Gasteiger partial charge in [-0.3, -0.25) is 0 Å². The standard InChI is InChI=1S/C8H8.C5H5.Ti/c1-2-4-6-8-7-5-3-1;1-2-4-5-3-1;/h1-8H;1-3H,4H2;/b2-1-,3-1?,4-2?,5-3-,6-4-,7-5?,8-6?,8-7-;;. The molecule has 0 aromatic rings. The molecular formula is C13H13Ti. The van der Waals surface area contributed by atoms with Gasteiger partial charge >= 0.3 is 49.0 Å². The zero-order valence-corrected chi connectivity index (χ0v) is 9.62. The first-order valence-electron chi connectivity index (χ1n) is 4.63. The first kappa shape index (κ1) is 11.2. The van der Waals surface area contributed by atoms with Crippen molar-refractivity contribution in [1.29, 1.82) is 0 Å². The Morgan fingerprint density at radius 1 is 0.714 bits per heavy atom. The van der Waals surface area contributed by atoms with Gasteiger partial charge in [0.2, 0.25) is 0 Å². The molecular weight excluding hydrogens is 204 g/mol. The Kier molecular flexibility index (Phi) is 6.05. The molecule has 0 saturated heterocycles. The fraction of sp³-hybridized carbons (Fsp3) is 0.0769. The minimum absolute atomic E-state index is 1.17. The van der Waals surface area contributed by atoms with Crippen molar-refractivity contribution in [2.75, 3.05) is 0 Å². The average molecular weight is 217 g/mol. The molecule has 0 bridgehead atoms. The molecule has 0 aromatic carbocycles. The van der Waals surface area contributed by atoms with Crippen LogP contribution in [0, 0.1) is 0 Å². The number of hydrogen-bond acceptors (Lipinski definition) is 0. The van der Waals surface area contributed by atoms with Crippen LogP contribution < -0.4 is 0 Å². The Labute approximate surface area is 97.5 Å². The van der Waals surface area contributed by atoms with Gasteiger partial charge < -0.3 is 0 Å². The second kappa shape index (κ2) is 7.55. The van der Waals surface area contributed by atoms with Crippen molar-refractivity contribution >= 4 is 0 Å². The van der Waals surface area contributed by atoms with Crippen LogP contribution in [0.4, 0.5) is 0 Å². The predicted octanol–water partition coefficient (Wildman–Crippen LogP) is 3.60. The molecule has 2 aliphatic rings. The summed E-state index contributed by atoms with van der Waals surface area (Å²) in [7, 11) is 0. The van der Waals surface area contributed by atoms with E-state index in [0.29, 0.717) is 0 Å². The third-order valence-electron chi connectivity index (χ3n) is 1.66. The van der Waals surface area contributed by atoms with Gasteiger partial charge in [-0.15, -0.1) is 0 Å². The van der Waals surface area contributed by atoms with Crippen LogP contribution in [0.3, 0.4) is 0 Å². The molecule has 0 fully saturated rings. The molecule has 69 valence electrons. The predicted molar refractivity (Wildman–Crippen MR) is 58.4 cm³/mol. The van der Waals surface area contributed by atoms with Gasteiger partial charge in [0.05, 0.1) is 0 Å². The molecule has 0 N–H and O–H groups in total. The van der Waals surface area contributed by atoms with Crippen LogP contribution in [0.2, 0.25) is 0 Å². The Balaban J connectivity index is 0.000000146. The summed E-state index contributed by atoms with van der Waals surface area (Å²) in [6.45, 7) is 0. The van der Waals surface area contributed by atoms with Gasteiger partial charge in [0.25, 0.3) is 0 Å². The average Bonchev–Trinajstić information content (AvgIpc) is 2.55. The Morgan fingerprint density at radius 2 is 1.14 bits per heavy atom. The Morgan fingerprint density at radius 3 is 1.29 bits per heavy atom. The molecule has 0 aromatic heterocycles. The minimum atomic E-state index is 1.17. The molecule has 2 aliphatic carbocycles. The van der Waals surface area contributed by atoms with Crippen molar-refractivity contribution in [3.05, 3.63) is 70.7 Å². The van der Waals surface area contributed by atoms with Gasteiger partial charge in [-0.2, -0.15) is 0 Å². The van der Waals surface area contributed by atoms with Crippen molar-refractivity contribution in [1.82, 2.24) is 0 Å². The number of hydrogen-bond donors (Lipinski definition) is 0. The third kappa shape index (κ3) is 5.74. The first-order chi connectivity index (χ1) is 6.89. The zero-order valence-electron chi connectivity index (χ0n) is 8.06. The van der Waals surface area contributed by atoms with E-state index < -0.39 is 0 Å². The Hall–Kier alpha value is -0.846. The van der Waals surface area contributed by atoms with E-state index in [9.17, 15) is 0 Å². The first-order valence-corrected chi connectivity index (χ1v) is 5.41. The van der Waals surface area contributed by atoms with E-state index in [0.717, 1.165) is 0 Å². The summed E-state index contributed by atoms with van der Waals surface area (Å²) in [5.74, 6) is 0. The fourth-order valence-corrected chi connectivity index (χ4v) is 1.29. The summed E-state index contributed by atoms with van der Waals surface area (Å²) in [6, 6.07) is 0. The van der Waals surface area contributed by atoms with Crippen LogP contribution in [0.15, 0.2) is 70.7 Å². The van der Waals surface area contributed by atoms with Crippen molar-refractivity contribution in [3.8, 4) is 0 Å². The van der Waals surface area contributed by atoms with Crippen molar-refractivity contribution < 1.29 is 20.4 Å². The van der Waals surface area contributed by atoms with Crippen molar-refractivity contribution in [2.45, 2.75) is 6.42 Å². The second-order valence-electron chi connectivity index (χ2n) is 2.86. The van der Waals surface area contributed by atoms with Gasteiger partial charge in [-0.05, 0) is 0 Å².